The number of aryl methyl sites for hydroxylation is 2. The zero-order valence-corrected chi connectivity index (χ0v) is 11.0. The van der Waals surface area contributed by atoms with Crippen LogP contribution >= 0.6 is 12.2 Å². The number of benzene rings is 1. The summed E-state index contributed by atoms with van der Waals surface area (Å²) in [5.74, 6) is 0.931. The quantitative estimate of drug-likeness (QED) is 0.836. The van der Waals surface area contributed by atoms with Crippen LogP contribution in [0.1, 0.15) is 23.1 Å². The second kappa shape index (κ2) is 5.02. The van der Waals surface area contributed by atoms with Gasteiger partial charge in [-0.3, -0.25) is 0 Å². The molecule has 0 aromatic heterocycles. The Morgan fingerprint density at radius 3 is 2.53 bits per heavy atom. The molecule has 3 nitrogen and oxygen atoms in total. The monoisotopic (exact) mass is 251 g/mol. The van der Waals surface area contributed by atoms with Crippen LogP contribution in [0.25, 0.3) is 0 Å². The Morgan fingerprint density at radius 2 is 2.06 bits per heavy atom. The maximum Gasteiger partial charge on any atom is 0.125 e. The van der Waals surface area contributed by atoms with Crippen LogP contribution in [0.3, 0.4) is 0 Å². The largest absolute Gasteiger partial charge is 0.487 e. The standard InChI is InChI=1S/C13H17NO2S/c1-8-5-10(13(14)17)6-9(2)12(8)16-11-3-4-15-7-11/h5-6,11H,3-4,7H2,1-2H3,(H2,14,17). The fourth-order valence-electron chi connectivity index (χ4n) is 2.05. The van der Waals surface area contributed by atoms with Crippen molar-refractivity contribution in [3.05, 3.63) is 28.8 Å². The molecular weight excluding hydrogens is 234 g/mol. The van der Waals surface area contributed by atoms with Crippen LogP contribution in [0.5, 0.6) is 5.75 Å². The van der Waals surface area contributed by atoms with Crippen LogP contribution in [-0.2, 0) is 4.74 Å². The van der Waals surface area contributed by atoms with Crippen molar-refractivity contribution >= 4 is 17.2 Å². The van der Waals surface area contributed by atoms with Crippen molar-refractivity contribution in [1.29, 1.82) is 0 Å². The summed E-state index contributed by atoms with van der Waals surface area (Å²) in [4.78, 5) is 0.423. The Kier molecular flexibility index (Phi) is 3.64. The van der Waals surface area contributed by atoms with Gasteiger partial charge in [0.1, 0.15) is 16.8 Å². The van der Waals surface area contributed by atoms with E-state index >= 15 is 0 Å². The molecule has 0 amide bonds. The Balaban J connectivity index is 2.24. The highest BCUT2D eigenvalue weighted by Gasteiger charge is 2.19. The molecule has 0 aliphatic carbocycles. The summed E-state index contributed by atoms with van der Waals surface area (Å²) in [6, 6.07) is 3.95. The van der Waals surface area contributed by atoms with E-state index in [-0.39, 0.29) is 6.10 Å². The van der Waals surface area contributed by atoms with Crippen LogP contribution in [0.15, 0.2) is 12.1 Å². The molecule has 2 rings (SSSR count). The molecule has 1 unspecified atom stereocenters. The van der Waals surface area contributed by atoms with E-state index in [0.717, 1.165) is 35.5 Å². The predicted octanol–water partition coefficient (Wildman–Crippen LogP) is 2.11. The minimum atomic E-state index is 0.170. The molecule has 1 atom stereocenters. The molecule has 0 saturated carbocycles. The fourth-order valence-corrected chi connectivity index (χ4v) is 2.17. The van der Waals surface area contributed by atoms with Gasteiger partial charge in [0, 0.05) is 12.0 Å². The average molecular weight is 251 g/mol. The van der Waals surface area contributed by atoms with Gasteiger partial charge in [-0.2, -0.15) is 0 Å². The molecule has 0 spiro atoms. The van der Waals surface area contributed by atoms with Gasteiger partial charge in [0.2, 0.25) is 0 Å². The van der Waals surface area contributed by atoms with E-state index in [2.05, 4.69) is 0 Å². The van der Waals surface area contributed by atoms with Crippen molar-refractivity contribution in [2.75, 3.05) is 13.2 Å². The zero-order valence-electron chi connectivity index (χ0n) is 10.2. The second-order valence-electron chi connectivity index (χ2n) is 4.41. The number of hydrogen-bond acceptors (Lipinski definition) is 3. The van der Waals surface area contributed by atoms with Crippen LogP contribution in [0.2, 0.25) is 0 Å². The molecule has 1 aromatic carbocycles. The summed E-state index contributed by atoms with van der Waals surface area (Å²) in [5.41, 5.74) is 8.67. The van der Waals surface area contributed by atoms with Crippen LogP contribution < -0.4 is 10.5 Å². The van der Waals surface area contributed by atoms with Crippen molar-refractivity contribution < 1.29 is 9.47 Å². The Hall–Kier alpha value is -1.13. The minimum Gasteiger partial charge on any atom is -0.487 e. The van der Waals surface area contributed by atoms with Crippen LogP contribution in [0, 0.1) is 13.8 Å². The number of rotatable bonds is 3. The lowest BCUT2D eigenvalue weighted by atomic mass is 10.1. The smallest absolute Gasteiger partial charge is 0.125 e. The zero-order chi connectivity index (χ0) is 12.4. The molecule has 1 aliphatic heterocycles. The maximum absolute atomic E-state index is 5.96. The van der Waals surface area contributed by atoms with Crippen LogP contribution in [0.4, 0.5) is 0 Å². The molecule has 0 bridgehead atoms. The highest BCUT2D eigenvalue weighted by Crippen LogP contribution is 2.27. The van der Waals surface area contributed by atoms with Crippen molar-refractivity contribution in [3.63, 3.8) is 0 Å². The van der Waals surface area contributed by atoms with E-state index < -0.39 is 0 Å². The number of hydrogen-bond donors (Lipinski definition) is 1. The first kappa shape index (κ1) is 12.3. The van der Waals surface area contributed by atoms with Crippen molar-refractivity contribution in [1.82, 2.24) is 0 Å². The lowest BCUT2D eigenvalue weighted by molar-refractivity contribution is 0.140. The minimum absolute atomic E-state index is 0.170. The summed E-state index contributed by atoms with van der Waals surface area (Å²) < 4.78 is 11.3. The molecule has 1 aliphatic rings. The van der Waals surface area contributed by atoms with Gasteiger partial charge < -0.3 is 15.2 Å². The first-order chi connectivity index (χ1) is 8.08. The van der Waals surface area contributed by atoms with E-state index in [4.69, 9.17) is 27.4 Å². The molecule has 1 fully saturated rings. The van der Waals surface area contributed by atoms with E-state index in [0.29, 0.717) is 11.6 Å². The highest BCUT2D eigenvalue weighted by atomic mass is 32.1. The third-order valence-corrected chi connectivity index (χ3v) is 3.15. The first-order valence-corrected chi connectivity index (χ1v) is 6.14. The van der Waals surface area contributed by atoms with Gasteiger partial charge in [-0.15, -0.1) is 0 Å². The third-order valence-electron chi connectivity index (χ3n) is 2.92. The summed E-state index contributed by atoms with van der Waals surface area (Å²) in [6.07, 6.45) is 1.12. The number of nitrogens with two attached hydrogens (primary N) is 1. The van der Waals surface area contributed by atoms with Crippen LogP contribution in [-0.4, -0.2) is 24.3 Å². The van der Waals surface area contributed by atoms with Gasteiger partial charge in [-0.1, -0.05) is 12.2 Å². The van der Waals surface area contributed by atoms with E-state index in [9.17, 15) is 0 Å². The molecule has 2 N–H and O–H groups in total. The molecule has 4 heteroatoms. The molecule has 1 heterocycles. The summed E-state index contributed by atoms with van der Waals surface area (Å²) >= 11 is 4.99. The highest BCUT2D eigenvalue weighted by molar-refractivity contribution is 7.80. The average Bonchev–Trinajstić information content (AvgIpc) is 2.75. The van der Waals surface area contributed by atoms with Gasteiger partial charge in [-0.25, -0.2) is 0 Å². The maximum atomic E-state index is 5.96. The predicted molar refractivity (Wildman–Crippen MR) is 71.7 cm³/mol. The van der Waals surface area contributed by atoms with E-state index in [1.54, 1.807) is 0 Å². The molecule has 92 valence electrons. The van der Waals surface area contributed by atoms with E-state index in [1.165, 1.54) is 0 Å². The SMILES string of the molecule is Cc1cc(C(N)=S)cc(C)c1OC1CCOC1. The molecule has 0 radical (unpaired) electrons. The van der Waals surface area contributed by atoms with Gasteiger partial charge in [0.15, 0.2) is 0 Å². The topological polar surface area (TPSA) is 44.5 Å². The lowest BCUT2D eigenvalue weighted by Gasteiger charge is -2.17. The first-order valence-electron chi connectivity index (χ1n) is 5.73. The molecule has 1 aromatic rings. The van der Waals surface area contributed by atoms with Gasteiger partial charge in [0.05, 0.1) is 13.2 Å². The van der Waals surface area contributed by atoms with Gasteiger partial charge in [0.25, 0.3) is 0 Å². The van der Waals surface area contributed by atoms with Crippen molar-refractivity contribution in [2.45, 2.75) is 26.4 Å². The summed E-state index contributed by atoms with van der Waals surface area (Å²) in [5, 5.41) is 0. The van der Waals surface area contributed by atoms with Gasteiger partial charge >= 0.3 is 0 Å². The molecule has 17 heavy (non-hydrogen) atoms. The third kappa shape index (κ3) is 2.76. The van der Waals surface area contributed by atoms with Crippen molar-refractivity contribution in [2.24, 2.45) is 5.73 Å². The normalized spacial score (nSPS) is 19.3. The summed E-state index contributed by atoms with van der Waals surface area (Å²) in [6.45, 7) is 5.49. The second-order valence-corrected chi connectivity index (χ2v) is 4.85. The Labute approximate surface area is 107 Å². The fraction of sp³-hybridized carbons (Fsp3) is 0.462. The molecular formula is C13H17NO2S. The Bertz CT molecular complexity index is 416. The number of ether oxygens (including phenoxy) is 2. The van der Waals surface area contributed by atoms with E-state index in [1.807, 2.05) is 26.0 Å². The lowest BCUT2D eigenvalue weighted by Crippen LogP contribution is -2.17. The molecule has 1 saturated heterocycles. The number of thiocarbonyl (C=S) groups is 1. The Morgan fingerprint density at radius 1 is 1.41 bits per heavy atom. The van der Waals surface area contributed by atoms with Crippen molar-refractivity contribution in [3.8, 4) is 5.75 Å². The van der Waals surface area contributed by atoms with Gasteiger partial charge in [-0.05, 0) is 37.1 Å². The summed E-state index contributed by atoms with van der Waals surface area (Å²) in [7, 11) is 0.